The van der Waals surface area contributed by atoms with Crippen molar-refractivity contribution in [2.45, 2.75) is 13.8 Å². The van der Waals surface area contributed by atoms with Crippen molar-refractivity contribution < 1.29 is 4.84 Å². The lowest BCUT2D eigenvalue weighted by Gasteiger charge is -2.10. The monoisotopic (exact) mass is 290 g/mol. The molecule has 110 valence electrons. The maximum Gasteiger partial charge on any atom is 0.112 e. The average Bonchev–Trinajstić information content (AvgIpc) is 2.54. The highest BCUT2D eigenvalue weighted by molar-refractivity contribution is 5.77. The van der Waals surface area contributed by atoms with Gasteiger partial charge in [0, 0.05) is 11.1 Å². The van der Waals surface area contributed by atoms with Crippen molar-refractivity contribution in [2.75, 3.05) is 12.6 Å². The van der Waals surface area contributed by atoms with Crippen molar-refractivity contribution >= 4 is 5.69 Å². The number of para-hydroxylation sites is 1. The van der Waals surface area contributed by atoms with E-state index in [1.807, 2.05) is 48.5 Å². The van der Waals surface area contributed by atoms with Crippen LogP contribution in [0.25, 0.3) is 11.1 Å². The Balaban J connectivity index is 2.29. The molecule has 3 nitrogen and oxygen atoms in total. The summed E-state index contributed by atoms with van der Waals surface area (Å²) < 4.78 is 0. The molecule has 0 aromatic heterocycles. The Morgan fingerprint density at radius 1 is 1.05 bits per heavy atom. The standard InChI is InChI=1S/C19H18N2O/c1-19(2,14-20)13-12-15-8-10-16(11-9-15)17-6-4-5-7-18(17)21-22-3/h4-11,21H,1-3H3. The number of hydrogen-bond acceptors (Lipinski definition) is 3. The fraction of sp³-hybridized carbons (Fsp3) is 0.211. The summed E-state index contributed by atoms with van der Waals surface area (Å²) in [5.41, 5.74) is 6.18. The first kappa shape index (κ1) is 15.6. The lowest BCUT2D eigenvalue weighted by molar-refractivity contribution is 0.271. The summed E-state index contributed by atoms with van der Waals surface area (Å²) in [5.74, 6) is 6.01. The number of benzene rings is 2. The molecule has 3 heteroatoms. The van der Waals surface area contributed by atoms with Gasteiger partial charge in [-0.2, -0.15) is 5.26 Å². The van der Waals surface area contributed by atoms with Crippen molar-refractivity contribution in [1.82, 2.24) is 0 Å². The van der Waals surface area contributed by atoms with Crippen LogP contribution in [0.4, 0.5) is 5.69 Å². The fourth-order valence-electron chi connectivity index (χ4n) is 1.92. The van der Waals surface area contributed by atoms with Crippen LogP contribution in [-0.2, 0) is 4.84 Å². The molecule has 0 spiro atoms. The summed E-state index contributed by atoms with van der Waals surface area (Å²) in [6.45, 7) is 3.61. The van der Waals surface area contributed by atoms with E-state index in [1.54, 1.807) is 21.0 Å². The molecular weight excluding hydrogens is 272 g/mol. The molecule has 0 saturated carbocycles. The Labute approximate surface area is 131 Å². The van der Waals surface area contributed by atoms with Gasteiger partial charge >= 0.3 is 0 Å². The van der Waals surface area contributed by atoms with Crippen LogP contribution in [-0.4, -0.2) is 7.11 Å². The Morgan fingerprint density at radius 2 is 1.73 bits per heavy atom. The lowest BCUT2D eigenvalue weighted by Crippen LogP contribution is -2.02. The van der Waals surface area contributed by atoms with Crippen LogP contribution in [0.1, 0.15) is 19.4 Å². The predicted octanol–water partition coefficient (Wildman–Crippen LogP) is 4.23. The van der Waals surface area contributed by atoms with Gasteiger partial charge in [-0.25, -0.2) is 0 Å². The quantitative estimate of drug-likeness (QED) is 0.679. The number of anilines is 1. The summed E-state index contributed by atoms with van der Waals surface area (Å²) in [6, 6.07) is 18.0. The number of rotatable bonds is 3. The van der Waals surface area contributed by atoms with Gasteiger partial charge in [-0.15, -0.1) is 0 Å². The van der Waals surface area contributed by atoms with E-state index >= 15 is 0 Å². The topological polar surface area (TPSA) is 45.0 Å². The van der Waals surface area contributed by atoms with Gasteiger partial charge in [0.1, 0.15) is 5.41 Å². The third-order valence-corrected chi connectivity index (χ3v) is 3.13. The largest absolute Gasteiger partial charge is 0.279 e. The van der Waals surface area contributed by atoms with E-state index < -0.39 is 5.41 Å². The predicted molar refractivity (Wildman–Crippen MR) is 88.8 cm³/mol. The Hall–Kier alpha value is -2.75. The first-order valence-electron chi connectivity index (χ1n) is 6.98. The number of nitrogens with one attached hydrogen (secondary N) is 1. The van der Waals surface area contributed by atoms with Crippen LogP contribution in [0.2, 0.25) is 0 Å². The van der Waals surface area contributed by atoms with Crippen molar-refractivity contribution in [2.24, 2.45) is 5.41 Å². The smallest absolute Gasteiger partial charge is 0.112 e. The molecule has 0 aliphatic rings. The van der Waals surface area contributed by atoms with Gasteiger partial charge in [0.15, 0.2) is 0 Å². The van der Waals surface area contributed by atoms with Gasteiger partial charge < -0.3 is 0 Å². The van der Waals surface area contributed by atoms with Crippen LogP contribution in [0.5, 0.6) is 0 Å². The molecule has 2 rings (SSSR count). The van der Waals surface area contributed by atoms with Crippen molar-refractivity contribution in [3.05, 3.63) is 54.1 Å². The van der Waals surface area contributed by atoms with Gasteiger partial charge in [-0.3, -0.25) is 10.3 Å². The molecule has 0 aliphatic carbocycles. The summed E-state index contributed by atoms with van der Waals surface area (Å²) in [6.07, 6.45) is 0. The van der Waals surface area contributed by atoms with E-state index in [1.165, 1.54) is 0 Å². The van der Waals surface area contributed by atoms with Crippen molar-refractivity contribution in [1.29, 1.82) is 5.26 Å². The molecule has 0 aliphatic heterocycles. The Kier molecular flexibility index (Phi) is 4.84. The maximum absolute atomic E-state index is 8.97. The van der Waals surface area contributed by atoms with Gasteiger partial charge in [0.05, 0.1) is 18.9 Å². The lowest BCUT2D eigenvalue weighted by atomic mass is 9.96. The Bertz CT molecular complexity index is 743. The van der Waals surface area contributed by atoms with Gasteiger partial charge in [0.25, 0.3) is 0 Å². The second-order valence-corrected chi connectivity index (χ2v) is 5.42. The third kappa shape index (κ3) is 3.88. The molecule has 22 heavy (non-hydrogen) atoms. The summed E-state index contributed by atoms with van der Waals surface area (Å²) in [5, 5.41) is 8.97. The van der Waals surface area contributed by atoms with E-state index in [2.05, 4.69) is 23.4 Å². The normalized spacial score (nSPS) is 10.3. The minimum atomic E-state index is -0.631. The van der Waals surface area contributed by atoms with Crippen LogP contribution >= 0.6 is 0 Å². The van der Waals surface area contributed by atoms with Crippen LogP contribution in [0.15, 0.2) is 48.5 Å². The highest BCUT2D eigenvalue weighted by atomic mass is 16.6. The average molecular weight is 290 g/mol. The molecule has 0 unspecified atom stereocenters. The highest BCUT2D eigenvalue weighted by Gasteiger charge is 2.11. The van der Waals surface area contributed by atoms with Crippen LogP contribution in [0.3, 0.4) is 0 Å². The number of hydrogen-bond donors (Lipinski definition) is 1. The molecule has 0 heterocycles. The zero-order valence-corrected chi connectivity index (χ0v) is 13.0. The minimum absolute atomic E-state index is 0.631. The molecular formula is C19H18N2O. The van der Waals surface area contributed by atoms with E-state index in [4.69, 9.17) is 10.1 Å². The molecule has 0 amide bonds. The molecule has 0 fully saturated rings. The molecule has 0 atom stereocenters. The summed E-state index contributed by atoms with van der Waals surface area (Å²) in [7, 11) is 1.59. The van der Waals surface area contributed by atoms with E-state index in [-0.39, 0.29) is 0 Å². The second kappa shape index (κ2) is 6.80. The number of nitrogens with zero attached hydrogens (tertiary/aromatic N) is 1. The van der Waals surface area contributed by atoms with Gasteiger partial charge in [0.2, 0.25) is 0 Å². The van der Waals surface area contributed by atoms with Crippen LogP contribution in [0, 0.1) is 28.6 Å². The zero-order chi connectivity index (χ0) is 16.0. The summed E-state index contributed by atoms with van der Waals surface area (Å²) >= 11 is 0. The van der Waals surface area contributed by atoms with E-state index in [9.17, 15) is 0 Å². The third-order valence-electron chi connectivity index (χ3n) is 3.13. The minimum Gasteiger partial charge on any atom is -0.279 e. The van der Waals surface area contributed by atoms with Gasteiger partial charge in [-0.1, -0.05) is 42.2 Å². The first-order valence-corrected chi connectivity index (χ1v) is 6.98. The van der Waals surface area contributed by atoms with Crippen molar-refractivity contribution in [3.8, 4) is 29.0 Å². The molecule has 0 saturated heterocycles. The maximum atomic E-state index is 8.97. The SMILES string of the molecule is CONc1ccccc1-c1ccc(C#CC(C)(C)C#N)cc1. The van der Waals surface area contributed by atoms with E-state index in [0.717, 1.165) is 22.4 Å². The summed E-state index contributed by atoms with van der Waals surface area (Å²) in [4.78, 5) is 5.00. The molecule has 2 aromatic rings. The fourth-order valence-corrected chi connectivity index (χ4v) is 1.92. The van der Waals surface area contributed by atoms with Crippen LogP contribution < -0.4 is 5.48 Å². The van der Waals surface area contributed by atoms with Crippen molar-refractivity contribution in [3.63, 3.8) is 0 Å². The molecule has 0 radical (unpaired) electrons. The second-order valence-electron chi connectivity index (χ2n) is 5.42. The van der Waals surface area contributed by atoms with E-state index in [0.29, 0.717) is 0 Å². The molecule has 1 N–H and O–H groups in total. The highest BCUT2D eigenvalue weighted by Crippen LogP contribution is 2.27. The number of nitriles is 1. The first-order chi connectivity index (χ1) is 10.6. The molecule has 2 aromatic carbocycles. The zero-order valence-electron chi connectivity index (χ0n) is 13.0. The van der Waals surface area contributed by atoms with Gasteiger partial charge in [-0.05, 0) is 37.6 Å². The molecule has 0 bridgehead atoms. The Morgan fingerprint density at radius 3 is 2.36 bits per heavy atom.